The molecule has 0 radical (unpaired) electrons. The summed E-state index contributed by atoms with van der Waals surface area (Å²) >= 11 is 1.47. The summed E-state index contributed by atoms with van der Waals surface area (Å²) < 4.78 is 20.6. The molecule has 2 aromatic carbocycles. The topological polar surface area (TPSA) is 51.2 Å². The van der Waals surface area contributed by atoms with Crippen LogP contribution in [0.3, 0.4) is 0 Å². The third-order valence-corrected chi connectivity index (χ3v) is 4.34. The second-order valence-electron chi connectivity index (χ2n) is 5.16. The first-order chi connectivity index (χ1) is 12.2. The van der Waals surface area contributed by atoms with Crippen molar-refractivity contribution >= 4 is 27.5 Å². The Morgan fingerprint density at radius 3 is 3.08 bits per heavy atom. The van der Waals surface area contributed by atoms with E-state index in [2.05, 4.69) is 22.1 Å². The summed E-state index contributed by atoms with van der Waals surface area (Å²) in [5.74, 6) is 4.77. The smallest absolute Gasteiger partial charge is 0.251 e. The third kappa shape index (κ3) is 3.95. The molecular formula is C19H15FN2O2S. The molecule has 1 N–H and O–H groups in total. The number of carbonyl (C=O) groups is 1. The van der Waals surface area contributed by atoms with Gasteiger partial charge in [-0.3, -0.25) is 4.79 Å². The van der Waals surface area contributed by atoms with Crippen LogP contribution in [0.25, 0.3) is 10.2 Å². The van der Waals surface area contributed by atoms with Crippen molar-refractivity contribution in [3.63, 3.8) is 0 Å². The maximum atomic E-state index is 14.4. The zero-order chi connectivity index (χ0) is 17.6. The van der Waals surface area contributed by atoms with Gasteiger partial charge >= 0.3 is 0 Å². The highest BCUT2D eigenvalue weighted by molar-refractivity contribution is 7.16. The lowest BCUT2D eigenvalue weighted by Gasteiger charge is -2.10. The zero-order valence-electron chi connectivity index (χ0n) is 13.5. The van der Waals surface area contributed by atoms with Gasteiger partial charge in [0.15, 0.2) is 11.6 Å². The van der Waals surface area contributed by atoms with E-state index in [0.29, 0.717) is 11.1 Å². The monoisotopic (exact) mass is 354 g/mol. The second kappa shape index (κ2) is 7.77. The highest BCUT2D eigenvalue weighted by Crippen LogP contribution is 2.21. The minimum atomic E-state index is -0.487. The van der Waals surface area contributed by atoms with E-state index < -0.39 is 5.82 Å². The molecular weight excluding hydrogens is 339 g/mol. The molecule has 0 saturated carbocycles. The van der Waals surface area contributed by atoms with Gasteiger partial charge < -0.3 is 10.1 Å². The first-order valence-corrected chi connectivity index (χ1v) is 8.48. The van der Waals surface area contributed by atoms with Crippen LogP contribution in [0.15, 0.2) is 41.9 Å². The van der Waals surface area contributed by atoms with Gasteiger partial charge in [-0.05, 0) is 31.2 Å². The molecule has 0 unspecified atom stereocenters. The Morgan fingerprint density at radius 2 is 2.24 bits per heavy atom. The van der Waals surface area contributed by atoms with Crippen LogP contribution < -0.4 is 10.1 Å². The Kier molecular flexibility index (Phi) is 5.26. The van der Waals surface area contributed by atoms with Gasteiger partial charge in [0.25, 0.3) is 5.91 Å². The Balaban J connectivity index is 1.68. The van der Waals surface area contributed by atoms with Crippen LogP contribution in [0.4, 0.5) is 4.39 Å². The zero-order valence-corrected chi connectivity index (χ0v) is 14.3. The Morgan fingerprint density at radius 1 is 1.36 bits per heavy atom. The van der Waals surface area contributed by atoms with E-state index in [-0.39, 0.29) is 24.8 Å². The van der Waals surface area contributed by atoms with Crippen LogP contribution in [0.5, 0.6) is 5.75 Å². The summed E-state index contributed by atoms with van der Waals surface area (Å²) in [5.41, 5.74) is 3.46. The molecule has 3 rings (SSSR count). The normalized spacial score (nSPS) is 10.2. The number of benzene rings is 2. The molecule has 0 aliphatic rings. The molecule has 0 spiro atoms. The first-order valence-electron chi connectivity index (χ1n) is 7.60. The summed E-state index contributed by atoms with van der Waals surface area (Å²) in [6, 6.07) is 10.1. The van der Waals surface area contributed by atoms with E-state index in [1.807, 2.05) is 0 Å². The van der Waals surface area contributed by atoms with Crippen molar-refractivity contribution in [1.82, 2.24) is 10.3 Å². The maximum Gasteiger partial charge on any atom is 0.251 e. The summed E-state index contributed by atoms with van der Waals surface area (Å²) in [7, 11) is 0. The minimum absolute atomic E-state index is 0.0715. The number of hydrogen-bond donors (Lipinski definition) is 1. The highest BCUT2D eigenvalue weighted by atomic mass is 32.1. The number of hydrogen-bond acceptors (Lipinski definition) is 4. The number of aromatic nitrogens is 1. The molecule has 0 bridgehead atoms. The molecule has 126 valence electrons. The van der Waals surface area contributed by atoms with E-state index in [9.17, 15) is 9.18 Å². The fraction of sp³-hybridized carbons (Fsp3) is 0.158. The van der Waals surface area contributed by atoms with Crippen LogP contribution in [0, 0.1) is 17.7 Å². The van der Waals surface area contributed by atoms with Gasteiger partial charge in [-0.15, -0.1) is 17.3 Å². The lowest BCUT2D eigenvalue weighted by Crippen LogP contribution is -2.23. The largest absolute Gasteiger partial charge is 0.478 e. The van der Waals surface area contributed by atoms with Crippen LogP contribution in [0.2, 0.25) is 0 Å². The van der Waals surface area contributed by atoms with E-state index in [0.717, 1.165) is 10.2 Å². The van der Waals surface area contributed by atoms with Gasteiger partial charge in [0.05, 0.1) is 15.7 Å². The van der Waals surface area contributed by atoms with Crippen LogP contribution in [0.1, 0.15) is 22.8 Å². The average Bonchev–Trinajstić information content (AvgIpc) is 3.09. The number of amides is 1. The van der Waals surface area contributed by atoms with Crippen molar-refractivity contribution in [2.24, 2.45) is 0 Å². The number of fused-ring (bicyclic) bond motifs is 1. The van der Waals surface area contributed by atoms with Crippen molar-refractivity contribution in [2.45, 2.75) is 13.5 Å². The summed E-state index contributed by atoms with van der Waals surface area (Å²) in [4.78, 5) is 16.5. The van der Waals surface area contributed by atoms with Crippen LogP contribution >= 0.6 is 11.3 Å². The van der Waals surface area contributed by atoms with Gasteiger partial charge in [0, 0.05) is 17.7 Å². The van der Waals surface area contributed by atoms with Crippen molar-refractivity contribution in [2.75, 3.05) is 6.61 Å². The average molecular weight is 354 g/mol. The number of carbonyl (C=O) groups excluding carboxylic acids is 1. The van der Waals surface area contributed by atoms with Crippen molar-refractivity contribution in [1.29, 1.82) is 0 Å². The molecule has 25 heavy (non-hydrogen) atoms. The van der Waals surface area contributed by atoms with Gasteiger partial charge in [0.2, 0.25) is 0 Å². The molecule has 3 aromatic rings. The summed E-state index contributed by atoms with van der Waals surface area (Å²) in [6.45, 7) is 1.88. The number of nitrogens with one attached hydrogen (secondary N) is 1. The van der Waals surface area contributed by atoms with Crippen molar-refractivity contribution in [3.05, 3.63) is 58.9 Å². The molecule has 0 saturated heterocycles. The van der Waals surface area contributed by atoms with E-state index in [1.54, 1.807) is 42.8 Å². The number of thiazole rings is 1. The van der Waals surface area contributed by atoms with Crippen LogP contribution in [-0.2, 0) is 6.54 Å². The second-order valence-corrected chi connectivity index (χ2v) is 6.05. The van der Waals surface area contributed by atoms with Crippen molar-refractivity contribution in [3.8, 4) is 17.6 Å². The Bertz CT molecular complexity index is 972. The quantitative estimate of drug-likeness (QED) is 0.710. The molecule has 1 amide bonds. The molecule has 4 nitrogen and oxygen atoms in total. The number of nitrogens with zero attached hydrogens (tertiary/aromatic N) is 1. The SMILES string of the molecule is CC#CCOc1cccc(CNC(=O)c2ccc3ncsc3c2)c1F. The van der Waals surface area contributed by atoms with Gasteiger partial charge in [-0.2, -0.15) is 0 Å². The van der Waals surface area contributed by atoms with E-state index >= 15 is 0 Å². The number of halogens is 1. The molecule has 0 aliphatic carbocycles. The predicted octanol–water partition coefficient (Wildman–Crippen LogP) is 3.77. The molecule has 6 heteroatoms. The van der Waals surface area contributed by atoms with E-state index in [1.165, 1.54) is 17.4 Å². The summed E-state index contributed by atoms with van der Waals surface area (Å²) in [5, 5.41) is 2.73. The fourth-order valence-corrected chi connectivity index (χ4v) is 2.98. The van der Waals surface area contributed by atoms with E-state index in [4.69, 9.17) is 4.74 Å². The van der Waals surface area contributed by atoms with Gasteiger partial charge in [-0.1, -0.05) is 18.1 Å². The lowest BCUT2D eigenvalue weighted by molar-refractivity contribution is 0.0950. The maximum absolute atomic E-state index is 14.4. The number of rotatable bonds is 5. The molecule has 1 aromatic heterocycles. The predicted molar refractivity (Wildman–Crippen MR) is 96.1 cm³/mol. The third-order valence-electron chi connectivity index (χ3n) is 3.55. The van der Waals surface area contributed by atoms with Crippen LogP contribution in [-0.4, -0.2) is 17.5 Å². The number of ether oxygens (including phenoxy) is 1. The molecule has 0 aliphatic heterocycles. The molecule has 0 fully saturated rings. The molecule has 1 heterocycles. The lowest BCUT2D eigenvalue weighted by atomic mass is 10.1. The fourth-order valence-electron chi connectivity index (χ4n) is 2.26. The Labute approximate surface area is 148 Å². The standard InChI is InChI=1S/C19H15FN2O2S/c1-2-3-9-24-16-6-4-5-14(18(16)20)11-21-19(23)13-7-8-15-17(10-13)25-12-22-15/h4-8,10,12H,9,11H2,1H3,(H,21,23). The molecule has 0 atom stereocenters. The van der Waals surface area contributed by atoms with Gasteiger partial charge in [-0.25, -0.2) is 9.37 Å². The summed E-state index contributed by atoms with van der Waals surface area (Å²) in [6.07, 6.45) is 0. The van der Waals surface area contributed by atoms with Gasteiger partial charge in [0.1, 0.15) is 6.61 Å². The minimum Gasteiger partial charge on any atom is -0.478 e. The Hall–Kier alpha value is -2.91. The van der Waals surface area contributed by atoms with Crippen molar-refractivity contribution < 1.29 is 13.9 Å². The first kappa shape index (κ1) is 16.9. The highest BCUT2D eigenvalue weighted by Gasteiger charge is 2.12.